The number of nitrogens with one attached hydrogen (secondary N) is 1. The van der Waals surface area contributed by atoms with Crippen LogP contribution in [0, 0.1) is 0 Å². The van der Waals surface area contributed by atoms with Crippen molar-refractivity contribution in [2.75, 3.05) is 18.4 Å². The number of amides is 2. The van der Waals surface area contributed by atoms with Crippen molar-refractivity contribution in [1.29, 1.82) is 0 Å². The van der Waals surface area contributed by atoms with Crippen LogP contribution in [0.4, 0.5) is 5.69 Å². The number of carbonyl (C=O) groups excluding carboxylic acids is 2. The van der Waals surface area contributed by atoms with Gasteiger partial charge in [0.05, 0.1) is 0 Å². The van der Waals surface area contributed by atoms with Crippen molar-refractivity contribution in [3.8, 4) is 0 Å². The van der Waals surface area contributed by atoms with Gasteiger partial charge in [0.1, 0.15) is 10.7 Å². The highest BCUT2D eigenvalue weighted by molar-refractivity contribution is 7.09. The highest BCUT2D eigenvalue weighted by Gasteiger charge is 2.19. The molecule has 128 valence electrons. The second-order valence-corrected chi connectivity index (χ2v) is 6.30. The fourth-order valence-electron chi connectivity index (χ4n) is 2.50. The summed E-state index contributed by atoms with van der Waals surface area (Å²) in [7, 11) is 0. The van der Waals surface area contributed by atoms with Crippen LogP contribution in [-0.4, -0.2) is 34.8 Å². The van der Waals surface area contributed by atoms with Gasteiger partial charge in [-0.2, -0.15) is 0 Å². The van der Waals surface area contributed by atoms with E-state index in [1.165, 1.54) is 11.3 Å². The van der Waals surface area contributed by atoms with Gasteiger partial charge in [0.2, 0.25) is 0 Å². The fraction of sp³-hybridized carbons (Fsp3) is 0.312. The highest BCUT2D eigenvalue weighted by atomic mass is 35.5. The van der Waals surface area contributed by atoms with Crippen molar-refractivity contribution >= 4 is 41.2 Å². The lowest BCUT2D eigenvalue weighted by molar-refractivity contribution is 0.0792. The second-order valence-electron chi connectivity index (χ2n) is 5.36. The standard InChI is InChI=1S/C16H18N4O2S.ClH/c17-9-14-19-13(10-23-14)15(21)18-12-5-3-11(4-6-12)16(22)20-7-1-2-8-20;/h3-6,10H,1-2,7-9,17H2,(H,18,21);1H. The molecule has 8 heteroatoms. The Bertz CT molecular complexity index is 711. The number of halogens is 1. The Kier molecular flexibility index (Phi) is 6.30. The zero-order valence-corrected chi connectivity index (χ0v) is 14.7. The molecule has 3 N–H and O–H groups in total. The van der Waals surface area contributed by atoms with Gasteiger partial charge in [-0.15, -0.1) is 23.7 Å². The molecule has 0 aliphatic carbocycles. The summed E-state index contributed by atoms with van der Waals surface area (Å²) in [5.41, 5.74) is 7.12. The predicted molar refractivity (Wildman–Crippen MR) is 96.8 cm³/mol. The zero-order valence-electron chi connectivity index (χ0n) is 13.0. The summed E-state index contributed by atoms with van der Waals surface area (Å²) in [5, 5.41) is 5.18. The molecular weight excluding hydrogens is 348 g/mol. The van der Waals surface area contributed by atoms with Gasteiger partial charge in [-0.05, 0) is 37.1 Å². The Balaban J connectivity index is 0.00000208. The molecule has 0 bridgehead atoms. The lowest BCUT2D eigenvalue weighted by atomic mass is 10.2. The third kappa shape index (κ3) is 4.11. The summed E-state index contributed by atoms with van der Waals surface area (Å²) in [5.74, 6) is -0.230. The fourth-order valence-corrected chi connectivity index (χ4v) is 3.16. The van der Waals surface area contributed by atoms with E-state index in [0.717, 1.165) is 30.9 Å². The number of hydrogen-bond acceptors (Lipinski definition) is 5. The molecule has 1 aromatic heterocycles. The molecule has 0 atom stereocenters. The number of benzene rings is 1. The maximum absolute atomic E-state index is 12.3. The lowest BCUT2D eigenvalue weighted by Crippen LogP contribution is -2.27. The average Bonchev–Trinajstić information content (AvgIpc) is 3.26. The van der Waals surface area contributed by atoms with E-state index in [2.05, 4.69) is 10.3 Å². The molecule has 1 aliphatic heterocycles. The number of aromatic nitrogens is 1. The van der Waals surface area contributed by atoms with Gasteiger partial charge in [0, 0.05) is 36.3 Å². The van der Waals surface area contributed by atoms with Crippen molar-refractivity contribution in [2.45, 2.75) is 19.4 Å². The molecule has 0 spiro atoms. The van der Waals surface area contributed by atoms with Crippen LogP contribution in [0.15, 0.2) is 29.6 Å². The van der Waals surface area contributed by atoms with Gasteiger partial charge in [-0.1, -0.05) is 0 Å². The molecule has 0 saturated carbocycles. The van der Waals surface area contributed by atoms with Crippen LogP contribution < -0.4 is 11.1 Å². The van der Waals surface area contributed by atoms with Crippen LogP contribution in [0.2, 0.25) is 0 Å². The molecule has 2 aromatic rings. The number of likely N-dealkylation sites (tertiary alicyclic amines) is 1. The van der Waals surface area contributed by atoms with E-state index in [-0.39, 0.29) is 24.2 Å². The molecule has 3 rings (SSSR count). The van der Waals surface area contributed by atoms with E-state index < -0.39 is 0 Å². The molecule has 2 heterocycles. The molecule has 1 aliphatic rings. The maximum atomic E-state index is 12.3. The zero-order chi connectivity index (χ0) is 16.2. The summed E-state index contributed by atoms with van der Waals surface area (Å²) in [6.07, 6.45) is 2.14. The van der Waals surface area contributed by atoms with Crippen molar-refractivity contribution in [3.63, 3.8) is 0 Å². The molecule has 24 heavy (non-hydrogen) atoms. The Morgan fingerprint density at radius 2 is 1.88 bits per heavy atom. The van der Waals surface area contributed by atoms with Crippen molar-refractivity contribution < 1.29 is 9.59 Å². The third-order valence-corrected chi connectivity index (χ3v) is 4.61. The Hall–Kier alpha value is -1.96. The minimum Gasteiger partial charge on any atom is -0.339 e. The number of carbonyl (C=O) groups is 2. The van der Waals surface area contributed by atoms with Crippen LogP contribution in [0.1, 0.15) is 38.7 Å². The molecule has 0 radical (unpaired) electrons. The Morgan fingerprint density at radius 1 is 1.21 bits per heavy atom. The van der Waals surface area contributed by atoms with Gasteiger partial charge in [0.25, 0.3) is 11.8 Å². The van der Waals surface area contributed by atoms with E-state index in [1.807, 2.05) is 4.90 Å². The van der Waals surface area contributed by atoms with Gasteiger partial charge < -0.3 is 16.0 Å². The van der Waals surface area contributed by atoms with Crippen molar-refractivity contribution in [2.24, 2.45) is 5.73 Å². The summed E-state index contributed by atoms with van der Waals surface area (Å²) in [6, 6.07) is 6.94. The third-order valence-electron chi connectivity index (χ3n) is 3.74. The SMILES string of the molecule is Cl.NCc1nc(C(=O)Nc2ccc(C(=O)N3CCCC3)cc2)cs1. The Labute approximate surface area is 150 Å². The first-order valence-electron chi connectivity index (χ1n) is 7.52. The van der Waals surface area contributed by atoms with E-state index in [9.17, 15) is 9.59 Å². The average molecular weight is 367 g/mol. The molecule has 1 aromatic carbocycles. The van der Waals surface area contributed by atoms with Crippen LogP contribution in [0.3, 0.4) is 0 Å². The van der Waals surface area contributed by atoms with E-state index >= 15 is 0 Å². The second kappa shape index (κ2) is 8.23. The van der Waals surface area contributed by atoms with Gasteiger partial charge in [0.15, 0.2) is 0 Å². The van der Waals surface area contributed by atoms with E-state index in [1.54, 1.807) is 29.6 Å². The molecule has 0 unspecified atom stereocenters. The summed E-state index contributed by atoms with van der Waals surface area (Å²) in [4.78, 5) is 30.3. The molecule has 1 saturated heterocycles. The van der Waals surface area contributed by atoms with Gasteiger partial charge in [-0.3, -0.25) is 9.59 Å². The Morgan fingerprint density at radius 3 is 2.46 bits per heavy atom. The lowest BCUT2D eigenvalue weighted by Gasteiger charge is -2.15. The topological polar surface area (TPSA) is 88.3 Å². The van der Waals surface area contributed by atoms with Crippen LogP contribution >= 0.6 is 23.7 Å². The smallest absolute Gasteiger partial charge is 0.275 e. The minimum absolute atomic E-state index is 0. The molecular formula is C16H19ClN4O2S. The largest absolute Gasteiger partial charge is 0.339 e. The van der Waals surface area contributed by atoms with Crippen LogP contribution in [0.5, 0.6) is 0 Å². The van der Waals surface area contributed by atoms with Crippen LogP contribution in [0.25, 0.3) is 0 Å². The van der Waals surface area contributed by atoms with Gasteiger partial charge >= 0.3 is 0 Å². The van der Waals surface area contributed by atoms with Crippen molar-refractivity contribution in [3.05, 3.63) is 45.9 Å². The molecule has 6 nitrogen and oxygen atoms in total. The summed E-state index contributed by atoms with van der Waals surface area (Å²) < 4.78 is 0. The number of nitrogens with two attached hydrogens (primary N) is 1. The first-order chi connectivity index (χ1) is 11.2. The molecule has 1 fully saturated rings. The first kappa shape index (κ1) is 18.4. The maximum Gasteiger partial charge on any atom is 0.275 e. The predicted octanol–water partition coefficient (Wildman–Crippen LogP) is 2.51. The quantitative estimate of drug-likeness (QED) is 0.870. The molecule has 2 amide bonds. The number of thiazole rings is 1. The number of rotatable bonds is 4. The summed E-state index contributed by atoms with van der Waals surface area (Å²) in [6.45, 7) is 1.97. The number of hydrogen-bond donors (Lipinski definition) is 2. The normalized spacial score (nSPS) is 13.5. The monoisotopic (exact) mass is 366 g/mol. The van der Waals surface area contributed by atoms with Crippen molar-refractivity contribution in [1.82, 2.24) is 9.88 Å². The van der Waals surface area contributed by atoms with E-state index in [4.69, 9.17) is 5.73 Å². The summed E-state index contributed by atoms with van der Waals surface area (Å²) >= 11 is 1.36. The first-order valence-corrected chi connectivity index (χ1v) is 8.40. The van der Waals surface area contributed by atoms with E-state index in [0.29, 0.717) is 23.5 Å². The number of nitrogens with zero attached hydrogens (tertiary/aromatic N) is 2. The number of anilines is 1. The van der Waals surface area contributed by atoms with Crippen LogP contribution in [-0.2, 0) is 6.54 Å². The minimum atomic E-state index is -0.278. The highest BCUT2D eigenvalue weighted by Crippen LogP contribution is 2.16. The van der Waals surface area contributed by atoms with Gasteiger partial charge in [-0.25, -0.2) is 4.98 Å².